The molecular weight excluding hydrogens is 272 g/mol. The lowest BCUT2D eigenvalue weighted by Crippen LogP contribution is -2.42. The van der Waals surface area contributed by atoms with Crippen LogP contribution in [0.15, 0.2) is 0 Å². The number of methoxy groups -OCH3 is 1. The van der Waals surface area contributed by atoms with Crippen LogP contribution in [0, 0.1) is 16.7 Å². The fourth-order valence-electron chi connectivity index (χ4n) is 3.42. The second-order valence-electron chi connectivity index (χ2n) is 5.38. The van der Waals surface area contributed by atoms with Gasteiger partial charge in [0.05, 0.1) is 7.11 Å². The minimum atomic E-state index is -0.833. The van der Waals surface area contributed by atoms with Gasteiger partial charge in [-0.1, -0.05) is 22.9 Å². The molecule has 2 bridgehead atoms. The molecule has 2 saturated carbocycles. The van der Waals surface area contributed by atoms with Gasteiger partial charge in [0.15, 0.2) is 0 Å². The maximum atomic E-state index is 12.1. The zero-order valence-corrected chi connectivity index (χ0v) is 11.3. The Morgan fingerprint density at radius 3 is 2.88 bits per heavy atom. The smallest absolute Gasteiger partial charge is 0.319 e. The average Bonchev–Trinajstić information content (AvgIpc) is 2.54. The van der Waals surface area contributed by atoms with Crippen molar-refractivity contribution < 1.29 is 14.3 Å². The van der Waals surface area contributed by atoms with Gasteiger partial charge in [-0.15, -0.1) is 0 Å². The fourth-order valence-corrected chi connectivity index (χ4v) is 4.43. The zero-order chi connectivity index (χ0) is 12.0. The van der Waals surface area contributed by atoms with Crippen molar-refractivity contribution in [2.45, 2.75) is 32.6 Å². The summed E-state index contributed by atoms with van der Waals surface area (Å²) in [7, 11) is 1.37. The molecule has 4 heteroatoms. The van der Waals surface area contributed by atoms with Crippen LogP contribution >= 0.6 is 15.9 Å². The second kappa shape index (κ2) is 3.83. The molecule has 0 amide bonds. The minimum absolute atomic E-state index is 0.0836. The summed E-state index contributed by atoms with van der Waals surface area (Å²) in [5.41, 5.74) is -0.716. The molecule has 2 fully saturated rings. The number of carbonyl (C=O) groups is 2. The Kier molecular flexibility index (Phi) is 2.89. The second-order valence-corrected chi connectivity index (χ2v) is 6.03. The number of hydrogen-bond donors (Lipinski definition) is 0. The Bertz CT molecular complexity index is 331. The molecular formula is C12H17BrO3. The van der Waals surface area contributed by atoms with Gasteiger partial charge < -0.3 is 4.74 Å². The number of fused-ring (bicyclic) bond motifs is 2. The van der Waals surface area contributed by atoms with Crippen molar-refractivity contribution in [1.29, 1.82) is 0 Å². The molecule has 0 aromatic heterocycles. The molecule has 0 aromatic rings. The van der Waals surface area contributed by atoms with Gasteiger partial charge in [-0.3, -0.25) is 9.59 Å². The molecule has 16 heavy (non-hydrogen) atoms. The monoisotopic (exact) mass is 288 g/mol. The van der Waals surface area contributed by atoms with Crippen molar-refractivity contribution >= 4 is 27.7 Å². The van der Waals surface area contributed by atoms with Crippen molar-refractivity contribution in [2.75, 3.05) is 12.4 Å². The standard InChI is InChI=1S/C12H17BrO3/c1-11-4-3-9(14)12(7-11,10(15)16-2)5-8(11)6-13/h8H,3-7H2,1-2H3. The lowest BCUT2D eigenvalue weighted by atomic mass is 9.68. The summed E-state index contributed by atoms with van der Waals surface area (Å²) < 4.78 is 4.84. The molecule has 3 nitrogen and oxygen atoms in total. The van der Waals surface area contributed by atoms with Crippen LogP contribution in [0.5, 0.6) is 0 Å². The lowest BCUT2D eigenvalue weighted by molar-refractivity contribution is -0.159. The molecule has 2 aliphatic rings. The van der Waals surface area contributed by atoms with Crippen LogP contribution in [-0.4, -0.2) is 24.2 Å². The molecule has 3 unspecified atom stereocenters. The maximum absolute atomic E-state index is 12.1. The average molecular weight is 289 g/mol. The summed E-state index contributed by atoms with van der Waals surface area (Å²) in [5, 5.41) is 0.857. The van der Waals surface area contributed by atoms with E-state index in [9.17, 15) is 9.59 Å². The fraction of sp³-hybridized carbons (Fsp3) is 0.833. The van der Waals surface area contributed by atoms with Crippen LogP contribution in [0.4, 0.5) is 0 Å². The summed E-state index contributed by atoms with van der Waals surface area (Å²) in [6.45, 7) is 2.19. The number of halogens is 1. The van der Waals surface area contributed by atoms with Crippen molar-refractivity contribution in [1.82, 2.24) is 0 Å². The number of ether oxygens (including phenoxy) is 1. The molecule has 2 aliphatic carbocycles. The number of hydrogen-bond acceptors (Lipinski definition) is 3. The first-order chi connectivity index (χ1) is 7.48. The van der Waals surface area contributed by atoms with Gasteiger partial charge in [-0.25, -0.2) is 0 Å². The maximum Gasteiger partial charge on any atom is 0.319 e. The van der Waals surface area contributed by atoms with E-state index in [1.54, 1.807) is 0 Å². The molecule has 90 valence electrons. The highest BCUT2D eigenvalue weighted by Gasteiger charge is 2.62. The van der Waals surface area contributed by atoms with Crippen LogP contribution < -0.4 is 0 Å². The molecule has 2 rings (SSSR count). The summed E-state index contributed by atoms with van der Waals surface area (Å²) >= 11 is 3.50. The highest BCUT2D eigenvalue weighted by atomic mass is 79.9. The van der Waals surface area contributed by atoms with Gasteiger partial charge in [0, 0.05) is 11.8 Å². The highest BCUT2D eigenvalue weighted by Crippen LogP contribution is 2.60. The molecule has 3 atom stereocenters. The van der Waals surface area contributed by atoms with E-state index in [1.807, 2.05) is 0 Å². The van der Waals surface area contributed by atoms with Crippen LogP contribution in [0.2, 0.25) is 0 Å². The van der Waals surface area contributed by atoms with E-state index in [1.165, 1.54) is 7.11 Å². The normalized spacial score (nSPS) is 42.2. The number of rotatable bonds is 2. The SMILES string of the molecule is COC(=O)C12CC(CBr)C(C)(CCC1=O)C2. The summed E-state index contributed by atoms with van der Waals surface area (Å²) in [5.74, 6) is 0.158. The van der Waals surface area contributed by atoms with Gasteiger partial charge in [-0.2, -0.15) is 0 Å². The first-order valence-electron chi connectivity index (χ1n) is 5.66. The largest absolute Gasteiger partial charge is 0.468 e. The minimum Gasteiger partial charge on any atom is -0.468 e. The van der Waals surface area contributed by atoms with E-state index >= 15 is 0 Å². The summed E-state index contributed by atoms with van der Waals surface area (Å²) in [4.78, 5) is 24.0. The van der Waals surface area contributed by atoms with Gasteiger partial charge in [0.2, 0.25) is 0 Å². The van der Waals surface area contributed by atoms with Crippen molar-refractivity contribution in [3.63, 3.8) is 0 Å². The highest BCUT2D eigenvalue weighted by molar-refractivity contribution is 9.09. The van der Waals surface area contributed by atoms with Crippen LogP contribution in [0.1, 0.15) is 32.6 Å². The number of esters is 1. The third kappa shape index (κ3) is 1.45. The molecule has 0 aromatic carbocycles. The molecule has 0 aliphatic heterocycles. The van der Waals surface area contributed by atoms with Crippen LogP contribution in [0.3, 0.4) is 0 Å². The van der Waals surface area contributed by atoms with E-state index in [0.29, 0.717) is 25.2 Å². The number of ketones is 1. The predicted octanol–water partition coefficient (Wildman–Crippen LogP) is 2.32. The Balaban J connectivity index is 2.38. The first kappa shape index (κ1) is 12.1. The van der Waals surface area contributed by atoms with Crippen molar-refractivity contribution in [2.24, 2.45) is 16.7 Å². The Labute approximate surface area is 104 Å². The van der Waals surface area contributed by atoms with Gasteiger partial charge in [0.1, 0.15) is 11.2 Å². The Morgan fingerprint density at radius 2 is 2.31 bits per heavy atom. The Morgan fingerprint density at radius 1 is 1.62 bits per heavy atom. The molecule has 0 saturated heterocycles. The number of carbonyl (C=O) groups excluding carboxylic acids is 2. The van der Waals surface area contributed by atoms with E-state index < -0.39 is 5.41 Å². The predicted molar refractivity (Wildman–Crippen MR) is 63.3 cm³/mol. The topological polar surface area (TPSA) is 43.4 Å². The van der Waals surface area contributed by atoms with E-state index in [-0.39, 0.29) is 17.2 Å². The molecule has 0 radical (unpaired) electrons. The first-order valence-corrected chi connectivity index (χ1v) is 6.78. The van der Waals surface area contributed by atoms with Gasteiger partial charge in [0.25, 0.3) is 0 Å². The van der Waals surface area contributed by atoms with Crippen molar-refractivity contribution in [3.8, 4) is 0 Å². The Hall–Kier alpha value is -0.380. The number of alkyl halides is 1. The van der Waals surface area contributed by atoms with Crippen molar-refractivity contribution in [3.05, 3.63) is 0 Å². The van der Waals surface area contributed by atoms with Gasteiger partial charge in [-0.05, 0) is 30.6 Å². The van der Waals surface area contributed by atoms with E-state index in [2.05, 4.69) is 22.9 Å². The third-order valence-corrected chi connectivity index (χ3v) is 5.29. The molecule has 0 heterocycles. The van der Waals surface area contributed by atoms with Crippen LogP contribution in [-0.2, 0) is 14.3 Å². The molecule has 0 spiro atoms. The summed E-state index contributed by atoms with van der Waals surface area (Å²) in [6.07, 6.45) is 2.75. The zero-order valence-electron chi connectivity index (χ0n) is 9.72. The lowest BCUT2D eigenvalue weighted by Gasteiger charge is -2.35. The quantitative estimate of drug-likeness (QED) is 0.445. The third-order valence-electron chi connectivity index (χ3n) is 4.51. The molecule has 0 N–H and O–H groups in total. The number of Topliss-reactive ketones (excluding diaryl/α,β-unsaturated/α-hetero) is 1. The van der Waals surface area contributed by atoms with Gasteiger partial charge >= 0.3 is 5.97 Å². The van der Waals surface area contributed by atoms with Crippen LogP contribution in [0.25, 0.3) is 0 Å². The van der Waals surface area contributed by atoms with E-state index in [4.69, 9.17) is 4.74 Å². The van der Waals surface area contributed by atoms with E-state index in [0.717, 1.165) is 11.8 Å². The summed E-state index contributed by atoms with van der Waals surface area (Å²) in [6, 6.07) is 0.